The van der Waals surface area contributed by atoms with E-state index in [1.165, 1.54) is 72.0 Å². The Morgan fingerprint density at radius 3 is 1.67 bits per heavy atom. The lowest BCUT2D eigenvalue weighted by Crippen LogP contribution is -1.90. The summed E-state index contributed by atoms with van der Waals surface area (Å²) < 4.78 is 0. The van der Waals surface area contributed by atoms with Crippen LogP contribution in [0.1, 0.15) is 57.2 Å². The molecule has 0 radical (unpaired) electrons. The van der Waals surface area contributed by atoms with Crippen molar-refractivity contribution in [1.82, 2.24) is 4.98 Å². The zero-order chi connectivity index (χ0) is 18.9. The Labute approximate surface area is 164 Å². The number of aryl methyl sites for hydroxylation is 2. The van der Waals surface area contributed by atoms with Gasteiger partial charge in [0.25, 0.3) is 0 Å². The zero-order valence-corrected chi connectivity index (χ0v) is 16.7. The largest absolute Gasteiger partial charge is 0.261 e. The lowest BCUT2D eigenvalue weighted by molar-refractivity contribution is 0.717. The van der Waals surface area contributed by atoms with E-state index in [-0.39, 0.29) is 0 Å². The Morgan fingerprint density at radius 1 is 0.556 bits per heavy atom. The van der Waals surface area contributed by atoms with E-state index in [0.717, 1.165) is 6.42 Å². The summed E-state index contributed by atoms with van der Waals surface area (Å²) in [4.78, 5) is 4.61. The van der Waals surface area contributed by atoms with Crippen LogP contribution in [-0.2, 0) is 12.8 Å². The van der Waals surface area contributed by atoms with E-state index in [4.69, 9.17) is 0 Å². The van der Waals surface area contributed by atoms with Gasteiger partial charge in [-0.3, -0.25) is 4.98 Å². The van der Waals surface area contributed by atoms with Crippen LogP contribution < -0.4 is 0 Å². The van der Waals surface area contributed by atoms with Crippen LogP contribution in [0.15, 0.2) is 66.9 Å². The summed E-state index contributed by atoms with van der Waals surface area (Å²) in [7, 11) is 0. The lowest BCUT2D eigenvalue weighted by atomic mass is 9.99. The third kappa shape index (κ3) is 5.53. The molecule has 0 N–H and O–H groups in total. The molecule has 0 amide bonds. The first-order chi connectivity index (χ1) is 13.3. The highest BCUT2D eigenvalue weighted by molar-refractivity contribution is 5.70. The molecule has 1 aromatic heterocycles. The normalized spacial score (nSPS) is 10.9. The second-order valence-corrected chi connectivity index (χ2v) is 7.37. The molecular formula is C26H31N. The predicted octanol–water partition coefficient (Wildman–Crippen LogP) is 7.49. The molecule has 0 unspecified atom stereocenters. The molecule has 0 aliphatic carbocycles. The molecule has 0 atom stereocenters. The minimum absolute atomic E-state index is 1.07. The van der Waals surface area contributed by atoms with Gasteiger partial charge in [0.2, 0.25) is 0 Å². The maximum absolute atomic E-state index is 4.61. The summed E-state index contributed by atoms with van der Waals surface area (Å²) in [5, 5.41) is 0. The van der Waals surface area contributed by atoms with E-state index < -0.39 is 0 Å². The average molecular weight is 358 g/mol. The third-order valence-electron chi connectivity index (χ3n) is 5.19. The summed E-state index contributed by atoms with van der Waals surface area (Å²) in [5.74, 6) is 0. The van der Waals surface area contributed by atoms with Crippen LogP contribution in [0.2, 0.25) is 0 Å². The maximum atomic E-state index is 4.61. The van der Waals surface area contributed by atoms with Crippen molar-refractivity contribution in [1.29, 1.82) is 0 Å². The minimum Gasteiger partial charge on any atom is -0.261 e. The first kappa shape index (κ1) is 19.4. The van der Waals surface area contributed by atoms with Gasteiger partial charge < -0.3 is 0 Å². The smallest absolute Gasteiger partial charge is 0.0404 e. The quantitative estimate of drug-likeness (QED) is 0.361. The Kier molecular flexibility index (Phi) is 7.21. The van der Waals surface area contributed by atoms with Crippen molar-refractivity contribution in [2.75, 3.05) is 0 Å². The molecule has 0 fully saturated rings. The van der Waals surface area contributed by atoms with Crippen LogP contribution in [0.25, 0.3) is 22.3 Å². The van der Waals surface area contributed by atoms with Gasteiger partial charge in [-0.25, -0.2) is 0 Å². The van der Waals surface area contributed by atoms with E-state index in [2.05, 4.69) is 79.5 Å². The number of rotatable bonds is 9. The van der Waals surface area contributed by atoms with E-state index in [0.29, 0.717) is 0 Å². The third-order valence-corrected chi connectivity index (χ3v) is 5.19. The Balaban J connectivity index is 1.66. The summed E-state index contributed by atoms with van der Waals surface area (Å²) in [6, 6.07) is 22.2. The van der Waals surface area contributed by atoms with Gasteiger partial charge in [-0.1, -0.05) is 87.7 Å². The van der Waals surface area contributed by atoms with Gasteiger partial charge in [0.05, 0.1) is 0 Å². The highest BCUT2D eigenvalue weighted by Gasteiger charge is 2.02. The number of unbranched alkanes of at least 4 members (excludes halogenated alkanes) is 3. The summed E-state index contributed by atoms with van der Waals surface area (Å²) >= 11 is 0. The van der Waals surface area contributed by atoms with Crippen LogP contribution >= 0.6 is 0 Å². The molecular weight excluding hydrogens is 326 g/mol. The van der Waals surface area contributed by atoms with Crippen LogP contribution in [0.3, 0.4) is 0 Å². The first-order valence-corrected chi connectivity index (χ1v) is 10.4. The fourth-order valence-corrected chi connectivity index (χ4v) is 3.40. The van der Waals surface area contributed by atoms with Gasteiger partial charge in [0.15, 0.2) is 0 Å². The molecule has 3 aromatic rings. The highest BCUT2D eigenvalue weighted by Crippen LogP contribution is 2.25. The van der Waals surface area contributed by atoms with Crippen molar-refractivity contribution in [2.45, 2.75) is 58.8 Å². The van der Waals surface area contributed by atoms with Crippen LogP contribution in [-0.4, -0.2) is 4.98 Å². The second-order valence-electron chi connectivity index (χ2n) is 7.37. The van der Waals surface area contributed by atoms with E-state index in [1.54, 1.807) is 0 Å². The molecule has 3 rings (SSSR count). The molecule has 0 aliphatic heterocycles. The minimum atomic E-state index is 1.07. The Hall–Kier alpha value is -2.41. The monoisotopic (exact) mass is 357 g/mol. The van der Waals surface area contributed by atoms with E-state index in [1.807, 2.05) is 6.20 Å². The zero-order valence-electron chi connectivity index (χ0n) is 16.7. The van der Waals surface area contributed by atoms with Crippen molar-refractivity contribution in [3.63, 3.8) is 0 Å². The molecule has 0 bridgehead atoms. The lowest BCUT2D eigenvalue weighted by Gasteiger charge is -2.07. The summed E-state index contributed by atoms with van der Waals surface area (Å²) in [6.07, 6.45) is 10.6. The van der Waals surface area contributed by atoms with Crippen LogP contribution in [0.5, 0.6) is 0 Å². The van der Waals surface area contributed by atoms with Crippen molar-refractivity contribution in [2.24, 2.45) is 0 Å². The summed E-state index contributed by atoms with van der Waals surface area (Å²) in [5.41, 5.74) is 7.60. The van der Waals surface area contributed by atoms with E-state index in [9.17, 15) is 0 Å². The highest BCUT2D eigenvalue weighted by atomic mass is 14.7. The van der Waals surface area contributed by atoms with Crippen molar-refractivity contribution in [3.05, 3.63) is 78.1 Å². The van der Waals surface area contributed by atoms with Gasteiger partial charge in [-0.05, 0) is 54.0 Å². The molecule has 1 nitrogen and oxygen atoms in total. The van der Waals surface area contributed by atoms with E-state index >= 15 is 0 Å². The van der Waals surface area contributed by atoms with Crippen LogP contribution in [0.4, 0.5) is 0 Å². The molecule has 0 saturated heterocycles. The molecule has 2 aromatic carbocycles. The molecule has 27 heavy (non-hydrogen) atoms. The maximum Gasteiger partial charge on any atom is 0.0404 e. The number of benzene rings is 2. The number of hydrogen-bond donors (Lipinski definition) is 0. The number of aromatic nitrogens is 1. The number of nitrogens with zero attached hydrogens (tertiary/aromatic N) is 1. The molecule has 1 heterocycles. The van der Waals surface area contributed by atoms with Crippen molar-refractivity contribution >= 4 is 0 Å². The van der Waals surface area contributed by atoms with Crippen LogP contribution in [0, 0.1) is 0 Å². The van der Waals surface area contributed by atoms with Gasteiger partial charge in [0.1, 0.15) is 0 Å². The fraction of sp³-hybridized carbons (Fsp3) is 0.346. The Bertz CT molecular complexity index is 798. The molecule has 140 valence electrons. The van der Waals surface area contributed by atoms with Gasteiger partial charge in [0, 0.05) is 17.5 Å². The molecule has 0 spiro atoms. The number of hydrogen-bond acceptors (Lipinski definition) is 1. The predicted molar refractivity (Wildman–Crippen MR) is 117 cm³/mol. The summed E-state index contributed by atoms with van der Waals surface area (Å²) in [6.45, 7) is 4.47. The first-order valence-electron chi connectivity index (χ1n) is 10.4. The molecule has 0 aliphatic rings. The topological polar surface area (TPSA) is 12.9 Å². The average Bonchev–Trinajstić information content (AvgIpc) is 2.73. The molecule has 0 saturated carbocycles. The van der Waals surface area contributed by atoms with Crippen molar-refractivity contribution < 1.29 is 0 Å². The second kappa shape index (κ2) is 10.1. The SMILES string of the molecule is CCCCCc1ccc(-c2ccc(-c3ccc(CCCC)nc3)cc2)cc1. The molecule has 1 heteroatoms. The Morgan fingerprint density at radius 2 is 1.11 bits per heavy atom. The van der Waals surface area contributed by atoms with Gasteiger partial charge >= 0.3 is 0 Å². The van der Waals surface area contributed by atoms with Gasteiger partial charge in [-0.15, -0.1) is 0 Å². The van der Waals surface area contributed by atoms with Crippen molar-refractivity contribution in [3.8, 4) is 22.3 Å². The van der Waals surface area contributed by atoms with Gasteiger partial charge in [-0.2, -0.15) is 0 Å². The fourth-order valence-electron chi connectivity index (χ4n) is 3.40. The standard InChI is InChI=1S/C26H31N/c1-3-5-7-8-21-10-12-22(13-11-21)23-14-16-24(17-15-23)25-18-19-26(27-20-25)9-6-4-2/h10-20H,3-9H2,1-2H3. The number of pyridine rings is 1.